The highest BCUT2D eigenvalue weighted by Gasteiger charge is 2.29. The molecule has 0 aliphatic heterocycles. The zero-order chi connectivity index (χ0) is 14.8. The molecule has 2 rings (SSSR count). The van der Waals surface area contributed by atoms with E-state index in [1.54, 1.807) is 24.9 Å². The van der Waals surface area contributed by atoms with Crippen molar-refractivity contribution in [2.75, 3.05) is 19.1 Å². The van der Waals surface area contributed by atoms with Gasteiger partial charge < -0.3 is 10.5 Å². The van der Waals surface area contributed by atoms with E-state index in [9.17, 15) is 8.42 Å². The van der Waals surface area contributed by atoms with Gasteiger partial charge in [-0.25, -0.2) is 8.42 Å². The van der Waals surface area contributed by atoms with Crippen LogP contribution in [-0.2, 0) is 9.84 Å². The third-order valence-corrected chi connectivity index (χ3v) is 6.66. The van der Waals surface area contributed by atoms with Gasteiger partial charge in [-0.3, -0.25) is 0 Å². The lowest BCUT2D eigenvalue weighted by Crippen LogP contribution is -2.28. The van der Waals surface area contributed by atoms with Crippen LogP contribution in [0.1, 0.15) is 25.7 Å². The minimum atomic E-state index is -2.94. The summed E-state index contributed by atoms with van der Waals surface area (Å²) in [4.78, 5) is 1.03. The van der Waals surface area contributed by atoms with Gasteiger partial charge in [0.2, 0.25) is 0 Å². The zero-order valence-electron chi connectivity index (χ0n) is 11.8. The van der Waals surface area contributed by atoms with Crippen LogP contribution in [0.2, 0.25) is 0 Å². The van der Waals surface area contributed by atoms with Gasteiger partial charge in [0, 0.05) is 28.2 Å². The number of methoxy groups -OCH3 is 1. The van der Waals surface area contributed by atoms with Crippen molar-refractivity contribution >= 4 is 27.3 Å². The third-order valence-electron chi connectivity index (χ3n) is 3.66. The molecule has 1 aliphatic rings. The van der Waals surface area contributed by atoms with E-state index >= 15 is 0 Å². The van der Waals surface area contributed by atoms with E-state index in [1.165, 1.54) is 6.26 Å². The quantitative estimate of drug-likeness (QED) is 0.865. The van der Waals surface area contributed by atoms with Crippen molar-refractivity contribution in [3.63, 3.8) is 0 Å². The molecule has 0 spiro atoms. The van der Waals surface area contributed by atoms with Crippen molar-refractivity contribution in [2.24, 2.45) is 0 Å². The SMILES string of the molecule is COc1cc(N)ccc1SC1CCCC(S(C)(=O)=O)C1. The third kappa shape index (κ3) is 3.82. The molecule has 2 atom stereocenters. The number of nitrogens with two attached hydrogens (primary N) is 1. The first-order valence-electron chi connectivity index (χ1n) is 6.69. The van der Waals surface area contributed by atoms with Crippen LogP contribution in [0.5, 0.6) is 5.75 Å². The highest BCUT2D eigenvalue weighted by molar-refractivity contribution is 8.00. The minimum Gasteiger partial charge on any atom is -0.496 e. The van der Waals surface area contributed by atoms with Gasteiger partial charge in [0.05, 0.1) is 12.4 Å². The van der Waals surface area contributed by atoms with Crippen LogP contribution < -0.4 is 10.5 Å². The molecule has 2 unspecified atom stereocenters. The first-order chi connectivity index (χ1) is 9.40. The van der Waals surface area contributed by atoms with Gasteiger partial charge in [-0.2, -0.15) is 0 Å². The topological polar surface area (TPSA) is 69.4 Å². The smallest absolute Gasteiger partial charge is 0.150 e. The van der Waals surface area contributed by atoms with Crippen molar-refractivity contribution < 1.29 is 13.2 Å². The molecule has 1 saturated carbocycles. The molecule has 0 bridgehead atoms. The Kier molecular flexibility index (Phi) is 4.86. The normalized spacial score (nSPS) is 23.5. The summed E-state index contributed by atoms with van der Waals surface area (Å²) in [5, 5.41) is 0.120. The summed E-state index contributed by atoms with van der Waals surface area (Å²) in [5.41, 5.74) is 6.42. The average molecular weight is 315 g/mol. The van der Waals surface area contributed by atoms with E-state index in [1.807, 2.05) is 12.1 Å². The Balaban J connectivity index is 2.10. The maximum Gasteiger partial charge on any atom is 0.150 e. The Labute approximate surface area is 125 Å². The lowest BCUT2D eigenvalue weighted by atomic mass is 10.00. The Hall–Kier alpha value is -0.880. The fourth-order valence-corrected chi connectivity index (χ4v) is 5.23. The van der Waals surface area contributed by atoms with Crippen molar-refractivity contribution in [2.45, 2.75) is 41.1 Å². The molecule has 112 valence electrons. The predicted octanol–water partition coefficient (Wildman–Crippen LogP) is 2.73. The molecule has 0 amide bonds. The van der Waals surface area contributed by atoms with Crippen molar-refractivity contribution in [3.8, 4) is 5.75 Å². The number of hydrogen-bond donors (Lipinski definition) is 1. The van der Waals surface area contributed by atoms with Crippen molar-refractivity contribution in [1.82, 2.24) is 0 Å². The summed E-state index contributed by atoms with van der Waals surface area (Å²) in [5.74, 6) is 0.761. The molecular weight excluding hydrogens is 294 g/mol. The number of benzene rings is 1. The standard InChI is InChI=1S/C14H21NO3S2/c1-18-13-8-10(15)6-7-14(13)19-11-4-3-5-12(9-11)20(2,16)17/h6-8,11-12H,3-5,9,15H2,1-2H3. The van der Waals surface area contributed by atoms with Gasteiger partial charge in [0.15, 0.2) is 0 Å². The van der Waals surface area contributed by atoms with E-state index in [4.69, 9.17) is 10.5 Å². The molecule has 2 N–H and O–H groups in total. The average Bonchev–Trinajstić information content (AvgIpc) is 2.40. The van der Waals surface area contributed by atoms with Crippen LogP contribution in [0.25, 0.3) is 0 Å². The molecule has 1 aromatic rings. The van der Waals surface area contributed by atoms with E-state index in [0.717, 1.165) is 36.3 Å². The second kappa shape index (κ2) is 6.26. The lowest BCUT2D eigenvalue weighted by Gasteiger charge is -2.27. The van der Waals surface area contributed by atoms with Crippen LogP contribution >= 0.6 is 11.8 Å². The van der Waals surface area contributed by atoms with Gasteiger partial charge in [-0.15, -0.1) is 11.8 Å². The summed E-state index contributed by atoms with van der Waals surface area (Å²) < 4.78 is 28.7. The second-order valence-electron chi connectivity index (χ2n) is 5.27. The molecular formula is C14H21NO3S2. The second-order valence-corrected chi connectivity index (χ2v) is 8.94. The molecule has 1 aromatic carbocycles. The molecule has 0 saturated heterocycles. The van der Waals surface area contributed by atoms with Gasteiger partial charge >= 0.3 is 0 Å². The lowest BCUT2D eigenvalue weighted by molar-refractivity contribution is 0.404. The summed E-state index contributed by atoms with van der Waals surface area (Å²) in [6.45, 7) is 0. The molecule has 1 fully saturated rings. The number of nitrogen functional groups attached to an aromatic ring is 1. The molecule has 0 heterocycles. The van der Waals surface area contributed by atoms with E-state index in [-0.39, 0.29) is 5.25 Å². The number of thioether (sulfide) groups is 1. The maximum atomic E-state index is 11.7. The van der Waals surface area contributed by atoms with Crippen LogP contribution in [0.3, 0.4) is 0 Å². The molecule has 20 heavy (non-hydrogen) atoms. The first-order valence-corrected chi connectivity index (χ1v) is 9.52. The van der Waals surface area contributed by atoms with Crippen LogP contribution in [-0.4, -0.2) is 32.3 Å². The molecule has 0 aromatic heterocycles. The monoisotopic (exact) mass is 315 g/mol. The first kappa shape index (κ1) is 15.5. The zero-order valence-corrected chi connectivity index (χ0v) is 13.5. The fourth-order valence-electron chi connectivity index (χ4n) is 2.56. The summed E-state index contributed by atoms with van der Waals surface area (Å²) >= 11 is 1.70. The number of hydrogen-bond acceptors (Lipinski definition) is 5. The summed E-state index contributed by atoms with van der Waals surface area (Å²) in [6.07, 6.45) is 4.86. The summed E-state index contributed by atoms with van der Waals surface area (Å²) in [6, 6.07) is 5.60. The predicted molar refractivity (Wildman–Crippen MR) is 84.2 cm³/mol. The highest BCUT2D eigenvalue weighted by atomic mass is 32.2. The molecule has 6 heteroatoms. The van der Waals surface area contributed by atoms with Crippen molar-refractivity contribution in [1.29, 1.82) is 0 Å². The van der Waals surface area contributed by atoms with E-state index in [2.05, 4.69) is 0 Å². The van der Waals surface area contributed by atoms with E-state index < -0.39 is 9.84 Å². The Bertz CT molecular complexity index is 572. The maximum absolute atomic E-state index is 11.7. The largest absolute Gasteiger partial charge is 0.496 e. The molecule has 0 radical (unpaired) electrons. The van der Waals surface area contributed by atoms with Gasteiger partial charge in [-0.05, 0) is 31.4 Å². The number of rotatable bonds is 4. The van der Waals surface area contributed by atoms with Crippen LogP contribution in [0, 0.1) is 0 Å². The van der Waals surface area contributed by atoms with Crippen LogP contribution in [0.4, 0.5) is 5.69 Å². The van der Waals surface area contributed by atoms with E-state index in [0.29, 0.717) is 10.9 Å². The van der Waals surface area contributed by atoms with Gasteiger partial charge in [0.1, 0.15) is 15.6 Å². The Morgan fingerprint density at radius 1 is 1.35 bits per heavy atom. The Morgan fingerprint density at radius 3 is 2.75 bits per heavy atom. The number of ether oxygens (including phenoxy) is 1. The van der Waals surface area contributed by atoms with Crippen LogP contribution in [0.15, 0.2) is 23.1 Å². The number of anilines is 1. The number of sulfone groups is 1. The minimum absolute atomic E-state index is 0.200. The fraction of sp³-hybridized carbons (Fsp3) is 0.571. The Morgan fingerprint density at radius 2 is 2.10 bits per heavy atom. The van der Waals surface area contributed by atoms with Gasteiger partial charge in [-0.1, -0.05) is 6.42 Å². The highest BCUT2D eigenvalue weighted by Crippen LogP contribution is 2.40. The molecule has 4 nitrogen and oxygen atoms in total. The van der Waals surface area contributed by atoms with Gasteiger partial charge in [0.25, 0.3) is 0 Å². The summed E-state index contributed by atoms with van der Waals surface area (Å²) in [7, 11) is -1.31. The molecule has 1 aliphatic carbocycles. The van der Waals surface area contributed by atoms with Crippen molar-refractivity contribution in [3.05, 3.63) is 18.2 Å².